The van der Waals surface area contributed by atoms with Crippen molar-refractivity contribution in [2.45, 2.75) is 19.3 Å². The summed E-state index contributed by atoms with van der Waals surface area (Å²) in [6.45, 7) is 2.24. The molecule has 0 atom stereocenters. The van der Waals surface area contributed by atoms with Crippen molar-refractivity contribution in [1.82, 2.24) is 10.3 Å². The number of aromatic nitrogens is 1. The molecule has 2 aromatic rings. The molecule has 0 amide bonds. The number of nitrogens with one attached hydrogen (secondary N) is 1. The van der Waals surface area contributed by atoms with Gasteiger partial charge in [-0.25, -0.2) is 4.98 Å². The second-order valence-corrected chi connectivity index (χ2v) is 5.53. The van der Waals surface area contributed by atoms with Gasteiger partial charge in [-0.1, -0.05) is 15.9 Å². The van der Waals surface area contributed by atoms with Crippen molar-refractivity contribution in [3.05, 3.63) is 28.6 Å². The van der Waals surface area contributed by atoms with E-state index in [1.54, 1.807) is 0 Å². The second-order valence-electron chi connectivity index (χ2n) is 4.62. The Kier molecular flexibility index (Phi) is 3.16. The minimum Gasteiger partial charge on any atom is -0.441 e. The van der Waals surface area contributed by atoms with E-state index in [2.05, 4.69) is 26.2 Å². The molecule has 0 bridgehead atoms. The van der Waals surface area contributed by atoms with Crippen molar-refractivity contribution in [2.24, 2.45) is 5.92 Å². The number of oxazole rings is 1. The molecule has 0 radical (unpaired) electrons. The molecule has 0 unspecified atom stereocenters. The zero-order valence-electron chi connectivity index (χ0n) is 9.58. The van der Waals surface area contributed by atoms with Gasteiger partial charge in [-0.15, -0.1) is 0 Å². The third kappa shape index (κ3) is 2.53. The third-order valence-corrected chi connectivity index (χ3v) is 3.81. The van der Waals surface area contributed by atoms with Crippen LogP contribution in [0, 0.1) is 5.92 Å². The zero-order chi connectivity index (χ0) is 11.7. The molecular weight excluding hydrogens is 280 g/mol. The summed E-state index contributed by atoms with van der Waals surface area (Å²) in [5.74, 6) is 1.60. The average Bonchev–Trinajstić information content (AvgIpc) is 2.71. The van der Waals surface area contributed by atoms with E-state index in [9.17, 15) is 0 Å². The first-order valence-electron chi connectivity index (χ1n) is 6.07. The topological polar surface area (TPSA) is 38.1 Å². The molecule has 1 aromatic heterocycles. The molecule has 1 aliphatic rings. The quantitative estimate of drug-likeness (QED) is 0.925. The van der Waals surface area contributed by atoms with E-state index < -0.39 is 0 Å². The lowest BCUT2D eigenvalue weighted by molar-refractivity contribution is 0.346. The molecule has 17 heavy (non-hydrogen) atoms. The SMILES string of the molecule is Brc1ccc2oc(CC3CCNCC3)nc2c1. The van der Waals surface area contributed by atoms with Gasteiger partial charge in [0.15, 0.2) is 11.5 Å². The van der Waals surface area contributed by atoms with Crippen molar-refractivity contribution in [1.29, 1.82) is 0 Å². The van der Waals surface area contributed by atoms with Crippen LogP contribution in [0.4, 0.5) is 0 Å². The number of fused-ring (bicyclic) bond motifs is 1. The van der Waals surface area contributed by atoms with E-state index in [0.29, 0.717) is 5.92 Å². The molecular formula is C13H15BrN2O. The summed E-state index contributed by atoms with van der Waals surface area (Å²) in [5.41, 5.74) is 1.83. The van der Waals surface area contributed by atoms with Gasteiger partial charge >= 0.3 is 0 Å². The fourth-order valence-corrected chi connectivity index (χ4v) is 2.72. The number of piperidine rings is 1. The molecule has 1 saturated heterocycles. The molecule has 1 fully saturated rings. The first kappa shape index (κ1) is 11.2. The van der Waals surface area contributed by atoms with Gasteiger partial charge in [-0.05, 0) is 50.0 Å². The molecule has 90 valence electrons. The highest BCUT2D eigenvalue weighted by atomic mass is 79.9. The monoisotopic (exact) mass is 294 g/mol. The normalized spacial score (nSPS) is 17.7. The maximum atomic E-state index is 5.77. The molecule has 0 saturated carbocycles. The number of benzene rings is 1. The van der Waals surface area contributed by atoms with Gasteiger partial charge in [0.2, 0.25) is 0 Å². The highest BCUT2D eigenvalue weighted by molar-refractivity contribution is 9.10. The maximum Gasteiger partial charge on any atom is 0.195 e. The van der Waals surface area contributed by atoms with Crippen molar-refractivity contribution >= 4 is 27.0 Å². The summed E-state index contributed by atoms with van der Waals surface area (Å²) in [6, 6.07) is 5.96. The average molecular weight is 295 g/mol. The van der Waals surface area contributed by atoms with Crippen molar-refractivity contribution < 1.29 is 4.42 Å². The molecule has 4 heteroatoms. The van der Waals surface area contributed by atoms with Crippen LogP contribution in [-0.2, 0) is 6.42 Å². The lowest BCUT2D eigenvalue weighted by Crippen LogP contribution is -2.28. The number of hydrogen-bond acceptors (Lipinski definition) is 3. The first-order valence-corrected chi connectivity index (χ1v) is 6.86. The lowest BCUT2D eigenvalue weighted by Gasteiger charge is -2.20. The Morgan fingerprint density at radius 1 is 1.35 bits per heavy atom. The summed E-state index contributed by atoms with van der Waals surface area (Å²) >= 11 is 3.45. The second kappa shape index (κ2) is 4.78. The Balaban J connectivity index is 1.80. The van der Waals surface area contributed by atoms with Gasteiger partial charge in [-0.2, -0.15) is 0 Å². The Hall–Kier alpha value is -0.870. The molecule has 0 spiro atoms. The highest BCUT2D eigenvalue weighted by Gasteiger charge is 2.16. The molecule has 1 N–H and O–H groups in total. The largest absolute Gasteiger partial charge is 0.441 e. The molecule has 3 rings (SSSR count). The van der Waals surface area contributed by atoms with E-state index >= 15 is 0 Å². The van der Waals surface area contributed by atoms with Crippen molar-refractivity contribution in [2.75, 3.05) is 13.1 Å². The summed E-state index contributed by atoms with van der Waals surface area (Å²) in [5, 5.41) is 3.38. The summed E-state index contributed by atoms with van der Waals surface area (Å²) in [7, 11) is 0. The fourth-order valence-electron chi connectivity index (χ4n) is 2.37. The van der Waals surface area contributed by atoms with Crippen LogP contribution in [0.1, 0.15) is 18.7 Å². The van der Waals surface area contributed by atoms with Gasteiger partial charge < -0.3 is 9.73 Å². The summed E-state index contributed by atoms with van der Waals surface area (Å²) in [4.78, 5) is 4.55. The van der Waals surface area contributed by atoms with Gasteiger partial charge in [0, 0.05) is 10.9 Å². The maximum absolute atomic E-state index is 5.77. The standard InChI is InChI=1S/C13H15BrN2O/c14-10-1-2-12-11(8-10)16-13(17-12)7-9-3-5-15-6-4-9/h1-2,8-9,15H,3-7H2. The Morgan fingerprint density at radius 2 is 2.18 bits per heavy atom. The summed E-state index contributed by atoms with van der Waals surface area (Å²) in [6.07, 6.45) is 3.42. The third-order valence-electron chi connectivity index (χ3n) is 3.32. The summed E-state index contributed by atoms with van der Waals surface area (Å²) < 4.78 is 6.82. The van der Waals surface area contributed by atoms with Gasteiger partial charge in [-0.3, -0.25) is 0 Å². The Morgan fingerprint density at radius 3 is 3.00 bits per heavy atom. The van der Waals surface area contributed by atoms with Crippen LogP contribution in [0.15, 0.2) is 27.1 Å². The van der Waals surface area contributed by atoms with E-state index in [1.165, 1.54) is 12.8 Å². The van der Waals surface area contributed by atoms with Crippen LogP contribution < -0.4 is 5.32 Å². The smallest absolute Gasteiger partial charge is 0.195 e. The van der Waals surface area contributed by atoms with Crippen LogP contribution >= 0.6 is 15.9 Å². The van der Waals surface area contributed by atoms with Gasteiger partial charge in [0.05, 0.1) is 0 Å². The highest BCUT2D eigenvalue weighted by Crippen LogP contribution is 2.23. The molecule has 0 aliphatic carbocycles. The van der Waals surface area contributed by atoms with E-state index in [0.717, 1.165) is 41.0 Å². The van der Waals surface area contributed by atoms with Crippen LogP contribution in [0.25, 0.3) is 11.1 Å². The number of nitrogens with zero attached hydrogens (tertiary/aromatic N) is 1. The van der Waals surface area contributed by atoms with Crippen LogP contribution in [-0.4, -0.2) is 18.1 Å². The number of rotatable bonds is 2. The number of halogens is 1. The van der Waals surface area contributed by atoms with Crippen LogP contribution in [0.2, 0.25) is 0 Å². The van der Waals surface area contributed by atoms with Crippen molar-refractivity contribution in [3.8, 4) is 0 Å². The van der Waals surface area contributed by atoms with Crippen molar-refractivity contribution in [3.63, 3.8) is 0 Å². The fraction of sp³-hybridized carbons (Fsp3) is 0.462. The number of hydrogen-bond donors (Lipinski definition) is 1. The van der Waals surface area contributed by atoms with Gasteiger partial charge in [0.1, 0.15) is 5.52 Å². The van der Waals surface area contributed by atoms with E-state index in [1.807, 2.05) is 18.2 Å². The van der Waals surface area contributed by atoms with Gasteiger partial charge in [0.25, 0.3) is 0 Å². The Bertz CT molecular complexity index is 517. The molecule has 1 aliphatic heterocycles. The molecule has 1 aromatic carbocycles. The molecule has 3 nitrogen and oxygen atoms in total. The van der Waals surface area contributed by atoms with Crippen LogP contribution in [0.5, 0.6) is 0 Å². The zero-order valence-corrected chi connectivity index (χ0v) is 11.2. The first-order chi connectivity index (χ1) is 8.31. The van der Waals surface area contributed by atoms with Crippen LogP contribution in [0.3, 0.4) is 0 Å². The predicted octanol–water partition coefficient (Wildman–Crippen LogP) is 3.13. The minimum atomic E-state index is 0.716. The van der Waals surface area contributed by atoms with E-state index in [-0.39, 0.29) is 0 Å². The minimum absolute atomic E-state index is 0.716. The predicted molar refractivity (Wildman–Crippen MR) is 71.0 cm³/mol. The lowest BCUT2D eigenvalue weighted by atomic mass is 9.95. The van der Waals surface area contributed by atoms with E-state index in [4.69, 9.17) is 4.42 Å². The Labute approximate surface area is 109 Å². The molecule has 2 heterocycles.